The molecule has 3 aromatic heterocycles. The van der Waals surface area contributed by atoms with Gasteiger partial charge in [-0.2, -0.15) is 9.97 Å². The molecule has 38 heavy (non-hydrogen) atoms. The number of aromatic amines is 1. The third-order valence-electron chi connectivity index (χ3n) is 7.51. The van der Waals surface area contributed by atoms with Gasteiger partial charge in [0, 0.05) is 39.1 Å². The molecule has 1 amide bonds. The van der Waals surface area contributed by atoms with Crippen LogP contribution in [0.2, 0.25) is 0 Å². The average molecular weight is 508 g/mol. The molecule has 0 atom stereocenters. The van der Waals surface area contributed by atoms with Crippen LogP contribution in [-0.4, -0.2) is 59.9 Å². The van der Waals surface area contributed by atoms with Crippen LogP contribution in [0.1, 0.15) is 29.8 Å². The van der Waals surface area contributed by atoms with Gasteiger partial charge in [-0.3, -0.25) is 4.79 Å². The molecule has 0 radical (unpaired) electrons. The first-order chi connectivity index (χ1) is 18.7. The molecule has 10 heteroatoms. The standard InChI is InChI=1S/C28H29N9O/c38-24-10-5-12-35(24)14-15-37-18-30-25-26(29-16-23-31-21-8-3-4-9-22(21)32-23)33-28(34-27(25)37)36-13-11-19-6-1-2-7-20(19)17-36/h1-4,6-9,18H,5,10-17H2,(H,31,32)(H,29,33,34). The highest BCUT2D eigenvalue weighted by atomic mass is 16.2. The van der Waals surface area contributed by atoms with Crippen molar-refractivity contribution in [3.63, 3.8) is 0 Å². The lowest BCUT2D eigenvalue weighted by molar-refractivity contribution is -0.127. The third-order valence-corrected chi connectivity index (χ3v) is 7.51. The molecule has 2 N–H and O–H groups in total. The number of benzene rings is 2. The van der Waals surface area contributed by atoms with Crippen LogP contribution in [0.15, 0.2) is 54.9 Å². The first-order valence-electron chi connectivity index (χ1n) is 13.2. The number of likely N-dealkylation sites (tertiary alicyclic amines) is 1. The van der Waals surface area contributed by atoms with Crippen LogP contribution in [0.3, 0.4) is 0 Å². The van der Waals surface area contributed by atoms with E-state index in [-0.39, 0.29) is 5.91 Å². The van der Waals surface area contributed by atoms with E-state index in [0.717, 1.165) is 60.5 Å². The predicted octanol–water partition coefficient (Wildman–Crippen LogP) is 3.50. The Labute approximate surface area is 219 Å². The van der Waals surface area contributed by atoms with E-state index in [4.69, 9.17) is 15.0 Å². The topological polar surface area (TPSA) is 108 Å². The van der Waals surface area contributed by atoms with Gasteiger partial charge < -0.3 is 24.7 Å². The number of hydrogen-bond acceptors (Lipinski definition) is 7. The normalized spacial score (nSPS) is 15.5. The third kappa shape index (κ3) is 4.21. The van der Waals surface area contributed by atoms with Crippen LogP contribution >= 0.6 is 0 Å². The number of para-hydroxylation sites is 2. The number of nitrogens with one attached hydrogen (secondary N) is 2. The van der Waals surface area contributed by atoms with Gasteiger partial charge in [-0.15, -0.1) is 0 Å². The quantitative estimate of drug-likeness (QED) is 0.347. The second-order valence-electron chi connectivity index (χ2n) is 9.96. The van der Waals surface area contributed by atoms with Gasteiger partial charge in [0.1, 0.15) is 5.82 Å². The molecule has 0 spiro atoms. The number of imidazole rings is 2. The van der Waals surface area contributed by atoms with Crippen LogP contribution < -0.4 is 10.2 Å². The molecular weight excluding hydrogens is 478 g/mol. The first kappa shape index (κ1) is 22.7. The lowest BCUT2D eigenvalue weighted by Crippen LogP contribution is -2.32. The fourth-order valence-corrected chi connectivity index (χ4v) is 5.45. The lowest BCUT2D eigenvalue weighted by atomic mass is 10.0. The summed E-state index contributed by atoms with van der Waals surface area (Å²) in [5.74, 6) is 2.42. The Hall–Kier alpha value is -4.47. The van der Waals surface area contributed by atoms with Crippen LogP contribution in [0.25, 0.3) is 22.2 Å². The molecule has 0 saturated carbocycles. The number of nitrogens with zero attached hydrogens (tertiary/aromatic N) is 7. The minimum absolute atomic E-state index is 0.227. The van der Waals surface area contributed by atoms with Gasteiger partial charge in [0.15, 0.2) is 17.0 Å². The van der Waals surface area contributed by atoms with Crippen molar-refractivity contribution in [2.45, 2.75) is 38.9 Å². The smallest absolute Gasteiger partial charge is 0.229 e. The highest BCUT2D eigenvalue weighted by Gasteiger charge is 2.23. The summed E-state index contributed by atoms with van der Waals surface area (Å²) in [7, 11) is 0. The number of rotatable bonds is 7. The Balaban J connectivity index is 1.21. The Morgan fingerprint density at radius 3 is 2.66 bits per heavy atom. The fraction of sp³-hybridized carbons (Fsp3) is 0.321. The maximum atomic E-state index is 12.1. The summed E-state index contributed by atoms with van der Waals surface area (Å²) in [6.45, 7) is 4.22. The molecule has 0 unspecified atom stereocenters. The van der Waals surface area contributed by atoms with Crippen molar-refractivity contribution in [2.24, 2.45) is 0 Å². The van der Waals surface area contributed by atoms with Crippen molar-refractivity contribution in [3.05, 3.63) is 71.8 Å². The van der Waals surface area contributed by atoms with Crippen molar-refractivity contribution in [3.8, 4) is 0 Å². The highest BCUT2D eigenvalue weighted by Crippen LogP contribution is 2.27. The minimum atomic E-state index is 0.227. The Kier molecular flexibility index (Phi) is 5.64. The first-order valence-corrected chi connectivity index (χ1v) is 13.2. The molecular formula is C28H29N9O. The van der Waals surface area contributed by atoms with E-state index in [9.17, 15) is 4.79 Å². The number of hydrogen-bond donors (Lipinski definition) is 2. The summed E-state index contributed by atoms with van der Waals surface area (Å²) in [6.07, 6.45) is 4.34. The molecule has 1 fully saturated rings. The van der Waals surface area contributed by atoms with Crippen molar-refractivity contribution < 1.29 is 4.79 Å². The van der Waals surface area contributed by atoms with Gasteiger partial charge in [0.2, 0.25) is 11.9 Å². The average Bonchev–Trinajstić information content (AvgIpc) is 3.68. The van der Waals surface area contributed by atoms with E-state index >= 15 is 0 Å². The van der Waals surface area contributed by atoms with E-state index in [1.165, 1.54) is 11.1 Å². The van der Waals surface area contributed by atoms with Gasteiger partial charge in [0.25, 0.3) is 0 Å². The predicted molar refractivity (Wildman–Crippen MR) is 146 cm³/mol. The van der Waals surface area contributed by atoms with E-state index in [2.05, 4.69) is 44.5 Å². The molecule has 2 aliphatic heterocycles. The molecule has 7 rings (SSSR count). The summed E-state index contributed by atoms with van der Waals surface area (Å²) >= 11 is 0. The van der Waals surface area contributed by atoms with Crippen LogP contribution in [0.5, 0.6) is 0 Å². The van der Waals surface area contributed by atoms with Crippen molar-refractivity contribution in [2.75, 3.05) is 29.9 Å². The molecule has 10 nitrogen and oxygen atoms in total. The molecule has 2 aromatic carbocycles. The summed E-state index contributed by atoms with van der Waals surface area (Å²) in [6, 6.07) is 16.6. The zero-order chi connectivity index (χ0) is 25.5. The number of fused-ring (bicyclic) bond motifs is 3. The van der Waals surface area contributed by atoms with Gasteiger partial charge in [-0.05, 0) is 36.1 Å². The number of anilines is 2. The fourth-order valence-electron chi connectivity index (χ4n) is 5.45. The van der Waals surface area contributed by atoms with Crippen molar-refractivity contribution in [1.82, 2.24) is 34.4 Å². The zero-order valence-electron chi connectivity index (χ0n) is 21.1. The molecule has 1 saturated heterocycles. The molecule has 2 aliphatic rings. The van der Waals surface area contributed by atoms with Gasteiger partial charge in [-0.25, -0.2) is 9.97 Å². The van der Waals surface area contributed by atoms with Crippen LogP contribution in [0, 0.1) is 0 Å². The summed E-state index contributed by atoms with van der Waals surface area (Å²) in [5.41, 5.74) is 6.12. The molecule has 5 aromatic rings. The van der Waals surface area contributed by atoms with Crippen LogP contribution in [0.4, 0.5) is 11.8 Å². The number of aromatic nitrogens is 6. The maximum Gasteiger partial charge on any atom is 0.229 e. The number of amides is 1. The van der Waals surface area contributed by atoms with E-state index in [1.807, 2.05) is 40.1 Å². The van der Waals surface area contributed by atoms with Gasteiger partial charge in [-0.1, -0.05) is 36.4 Å². The van der Waals surface area contributed by atoms with Gasteiger partial charge >= 0.3 is 0 Å². The van der Waals surface area contributed by atoms with Gasteiger partial charge in [0.05, 0.1) is 23.9 Å². The van der Waals surface area contributed by atoms with E-state index < -0.39 is 0 Å². The largest absolute Gasteiger partial charge is 0.361 e. The number of H-pyrrole nitrogens is 1. The molecule has 192 valence electrons. The lowest BCUT2D eigenvalue weighted by Gasteiger charge is -2.29. The Morgan fingerprint density at radius 1 is 0.921 bits per heavy atom. The Morgan fingerprint density at radius 2 is 1.79 bits per heavy atom. The monoisotopic (exact) mass is 507 g/mol. The van der Waals surface area contributed by atoms with E-state index in [1.54, 1.807) is 0 Å². The maximum absolute atomic E-state index is 12.1. The molecule has 0 aliphatic carbocycles. The molecule has 0 bridgehead atoms. The van der Waals surface area contributed by atoms with Crippen LogP contribution in [-0.2, 0) is 30.8 Å². The SMILES string of the molecule is O=C1CCCN1CCn1cnc2c(NCc3nc4ccccc4[nH]3)nc(N3CCc4ccccc4C3)nc21. The summed E-state index contributed by atoms with van der Waals surface area (Å²) < 4.78 is 2.04. The Bertz CT molecular complexity index is 1610. The van der Waals surface area contributed by atoms with Crippen molar-refractivity contribution >= 4 is 39.9 Å². The number of carbonyl (C=O) groups excluding carboxylic acids is 1. The van der Waals surface area contributed by atoms with E-state index in [0.29, 0.717) is 37.8 Å². The summed E-state index contributed by atoms with van der Waals surface area (Å²) in [4.78, 5) is 39.0. The second-order valence-corrected chi connectivity index (χ2v) is 9.96. The number of carbonyl (C=O) groups is 1. The minimum Gasteiger partial charge on any atom is -0.361 e. The molecule has 5 heterocycles. The van der Waals surface area contributed by atoms with Crippen molar-refractivity contribution in [1.29, 1.82) is 0 Å². The summed E-state index contributed by atoms with van der Waals surface area (Å²) in [5, 5.41) is 3.47. The zero-order valence-corrected chi connectivity index (χ0v) is 21.1. The second kappa shape index (κ2) is 9.44. The highest BCUT2D eigenvalue weighted by molar-refractivity contribution is 5.84.